The van der Waals surface area contributed by atoms with Crippen LogP contribution in [-0.2, 0) is 16.0 Å². The molecule has 156 valence electrons. The summed E-state index contributed by atoms with van der Waals surface area (Å²) in [7, 11) is 0. The van der Waals surface area contributed by atoms with Crippen LogP contribution < -0.4 is 5.32 Å². The third-order valence-corrected chi connectivity index (χ3v) is 7.02. The molecule has 1 saturated heterocycles. The van der Waals surface area contributed by atoms with Crippen molar-refractivity contribution in [2.24, 2.45) is 0 Å². The summed E-state index contributed by atoms with van der Waals surface area (Å²) in [6, 6.07) is 17.3. The highest BCUT2D eigenvalue weighted by atomic mass is 35.5. The van der Waals surface area contributed by atoms with Crippen LogP contribution in [0.5, 0.6) is 0 Å². The maximum Gasteiger partial charge on any atom is 0.266 e. The molecule has 3 aromatic rings. The zero-order valence-electron chi connectivity index (χ0n) is 16.1. The van der Waals surface area contributed by atoms with Gasteiger partial charge in [-0.15, -0.1) is 11.3 Å². The van der Waals surface area contributed by atoms with Gasteiger partial charge in [0.05, 0.1) is 4.91 Å². The summed E-state index contributed by atoms with van der Waals surface area (Å²) in [6.45, 7) is -0.169. The van der Waals surface area contributed by atoms with Crippen LogP contribution in [0.25, 0.3) is 6.08 Å². The summed E-state index contributed by atoms with van der Waals surface area (Å²) in [5, 5.41) is 3.79. The molecule has 1 fully saturated rings. The molecule has 2 amide bonds. The highest BCUT2D eigenvalue weighted by molar-refractivity contribution is 8.26. The van der Waals surface area contributed by atoms with Crippen molar-refractivity contribution < 1.29 is 9.59 Å². The molecular formula is C22H16ClN3O2S3. The first-order valence-electron chi connectivity index (χ1n) is 9.28. The molecule has 1 aliphatic rings. The Morgan fingerprint density at radius 3 is 2.68 bits per heavy atom. The quantitative estimate of drug-likeness (QED) is 0.382. The first-order valence-corrected chi connectivity index (χ1v) is 11.7. The van der Waals surface area contributed by atoms with E-state index in [2.05, 4.69) is 10.3 Å². The summed E-state index contributed by atoms with van der Waals surface area (Å²) in [4.78, 5) is 32.3. The summed E-state index contributed by atoms with van der Waals surface area (Å²) in [5.41, 5.74) is 1.90. The van der Waals surface area contributed by atoms with Crippen LogP contribution in [0.4, 0.5) is 5.13 Å². The molecule has 1 aromatic heterocycles. The van der Waals surface area contributed by atoms with Crippen molar-refractivity contribution in [3.8, 4) is 0 Å². The predicted octanol–water partition coefficient (Wildman–Crippen LogP) is 5.23. The highest BCUT2D eigenvalue weighted by Crippen LogP contribution is 2.33. The van der Waals surface area contributed by atoms with E-state index in [0.29, 0.717) is 19.4 Å². The molecule has 2 heterocycles. The maximum absolute atomic E-state index is 12.7. The molecule has 0 unspecified atom stereocenters. The number of thioether (sulfide) groups is 1. The van der Waals surface area contributed by atoms with Crippen molar-refractivity contribution in [1.29, 1.82) is 0 Å². The Bertz CT molecular complexity index is 1180. The highest BCUT2D eigenvalue weighted by Gasteiger charge is 2.33. The van der Waals surface area contributed by atoms with E-state index >= 15 is 0 Å². The van der Waals surface area contributed by atoms with Gasteiger partial charge in [0.1, 0.15) is 10.9 Å². The van der Waals surface area contributed by atoms with Gasteiger partial charge in [-0.05, 0) is 23.3 Å². The van der Waals surface area contributed by atoms with Gasteiger partial charge in [-0.1, -0.05) is 84.1 Å². The van der Waals surface area contributed by atoms with Crippen LogP contribution in [0, 0.1) is 0 Å². The molecule has 0 saturated carbocycles. The smallest absolute Gasteiger partial charge is 0.266 e. The number of thiazole rings is 1. The Morgan fingerprint density at radius 1 is 1.16 bits per heavy atom. The fourth-order valence-corrected chi connectivity index (χ4v) is 5.22. The number of nitrogens with one attached hydrogen (secondary N) is 1. The van der Waals surface area contributed by atoms with Crippen LogP contribution in [0.15, 0.2) is 65.7 Å². The topological polar surface area (TPSA) is 62.3 Å². The molecule has 0 aliphatic carbocycles. The van der Waals surface area contributed by atoms with Crippen LogP contribution in [0.2, 0.25) is 5.02 Å². The van der Waals surface area contributed by atoms with E-state index in [1.54, 1.807) is 18.3 Å². The van der Waals surface area contributed by atoms with Crippen molar-refractivity contribution in [2.75, 3.05) is 11.9 Å². The SMILES string of the molecule is O=C(CN1C(=O)/C(=C/c2ccccc2Cl)SC1=S)Nc1ncc(Cc2ccccc2)s1. The predicted molar refractivity (Wildman–Crippen MR) is 131 cm³/mol. The van der Waals surface area contributed by atoms with Gasteiger partial charge < -0.3 is 5.32 Å². The lowest BCUT2D eigenvalue weighted by atomic mass is 10.1. The van der Waals surface area contributed by atoms with E-state index in [0.717, 1.165) is 28.6 Å². The minimum absolute atomic E-state index is 0.169. The van der Waals surface area contributed by atoms with Gasteiger partial charge in [0.25, 0.3) is 5.91 Å². The first-order chi connectivity index (χ1) is 15.0. The van der Waals surface area contributed by atoms with Crippen molar-refractivity contribution in [1.82, 2.24) is 9.88 Å². The molecule has 1 N–H and O–H groups in total. The number of carbonyl (C=O) groups excluding carboxylic acids is 2. The fourth-order valence-electron chi connectivity index (χ4n) is 2.92. The van der Waals surface area contributed by atoms with E-state index in [-0.39, 0.29) is 18.4 Å². The second-order valence-corrected chi connectivity index (χ2v) is 9.83. The van der Waals surface area contributed by atoms with Crippen molar-refractivity contribution in [3.05, 3.63) is 86.7 Å². The zero-order valence-corrected chi connectivity index (χ0v) is 19.3. The van der Waals surface area contributed by atoms with Crippen LogP contribution >= 0.6 is 46.9 Å². The van der Waals surface area contributed by atoms with E-state index in [9.17, 15) is 9.59 Å². The fraction of sp³-hybridized carbons (Fsp3) is 0.0909. The van der Waals surface area contributed by atoms with E-state index in [1.807, 2.05) is 48.5 Å². The Kier molecular flexibility index (Phi) is 6.82. The Labute approximate surface area is 198 Å². The normalized spacial score (nSPS) is 15.0. The summed E-state index contributed by atoms with van der Waals surface area (Å²) in [6.07, 6.45) is 4.19. The number of halogens is 1. The summed E-state index contributed by atoms with van der Waals surface area (Å²) < 4.78 is 0.336. The third kappa shape index (κ3) is 5.40. The zero-order chi connectivity index (χ0) is 21.8. The summed E-state index contributed by atoms with van der Waals surface area (Å²) >= 11 is 14.0. The number of rotatable bonds is 6. The maximum atomic E-state index is 12.7. The van der Waals surface area contributed by atoms with Gasteiger partial charge in [-0.2, -0.15) is 0 Å². The number of amides is 2. The van der Waals surface area contributed by atoms with Gasteiger partial charge >= 0.3 is 0 Å². The molecule has 31 heavy (non-hydrogen) atoms. The van der Waals surface area contributed by atoms with E-state index in [1.165, 1.54) is 21.8 Å². The second-order valence-electron chi connectivity index (χ2n) is 6.63. The number of anilines is 1. The number of thiocarbonyl (C=S) groups is 1. The third-order valence-electron chi connectivity index (χ3n) is 4.39. The minimum atomic E-state index is -0.351. The largest absolute Gasteiger partial charge is 0.300 e. The van der Waals surface area contributed by atoms with Crippen molar-refractivity contribution >= 4 is 74.3 Å². The number of carbonyl (C=O) groups is 2. The molecule has 0 atom stereocenters. The van der Waals surface area contributed by atoms with E-state index < -0.39 is 0 Å². The van der Waals surface area contributed by atoms with Crippen LogP contribution in [-0.4, -0.2) is 32.6 Å². The second kappa shape index (κ2) is 9.74. The Balaban J connectivity index is 1.38. The van der Waals surface area contributed by atoms with E-state index in [4.69, 9.17) is 23.8 Å². The molecular weight excluding hydrogens is 470 g/mol. The average Bonchev–Trinajstić information content (AvgIpc) is 3.29. The van der Waals surface area contributed by atoms with Crippen LogP contribution in [0.1, 0.15) is 16.0 Å². The average molecular weight is 486 g/mol. The molecule has 0 bridgehead atoms. The van der Waals surface area contributed by atoms with Crippen molar-refractivity contribution in [2.45, 2.75) is 6.42 Å². The molecule has 2 aromatic carbocycles. The Hall–Kier alpha value is -2.52. The van der Waals surface area contributed by atoms with Crippen molar-refractivity contribution in [3.63, 3.8) is 0 Å². The number of hydrogen-bond donors (Lipinski definition) is 1. The van der Waals surface area contributed by atoms with Crippen LogP contribution in [0.3, 0.4) is 0 Å². The summed E-state index contributed by atoms with van der Waals surface area (Å²) in [5.74, 6) is -0.662. The molecule has 0 spiro atoms. The molecule has 4 rings (SSSR count). The molecule has 9 heteroatoms. The lowest BCUT2D eigenvalue weighted by Gasteiger charge is -2.13. The monoisotopic (exact) mass is 485 g/mol. The standard InChI is InChI=1S/C22H16ClN3O2S3/c23-17-9-5-4-8-15(17)11-18-20(28)26(22(29)31-18)13-19(27)25-21-24-12-16(30-21)10-14-6-2-1-3-7-14/h1-9,11-12H,10,13H2,(H,24,25,27)/b18-11-. The first kappa shape index (κ1) is 21.7. The lowest BCUT2D eigenvalue weighted by Crippen LogP contribution is -2.36. The van der Waals surface area contributed by atoms with Gasteiger partial charge in [0.15, 0.2) is 5.13 Å². The van der Waals surface area contributed by atoms with Gasteiger partial charge in [0.2, 0.25) is 5.91 Å². The number of aromatic nitrogens is 1. The molecule has 0 radical (unpaired) electrons. The number of hydrogen-bond acceptors (Lipinski definition) is 6. The van der Waals surface area contributed by atoms with Gasteiger partial charge in [0, 0.05) is 22.5 Å². The lowest BCUT2D eigenvalue weighted by molar-refractivity contribution is -0.126. The molecule has 1 aliphatic heterocycles. The minimum Gasteiger partial charge on any atom is -0.300 e. The van der Waals surface area contributed by atoms with Gasteiger partial charge in [-0.25, -0.2) is 4.98 Å². The Morgan fingerprint density at radius 2 is 1.90 bits per heavy atom. The number of benzene rings is 2. The van der Waals surface area contributed by atoms with Gasteiger partial charge in [-0.3, -0.25) is 14.5 Å². The number of nitrogens with zero attached hydrogens (tertiary/aromatic N) is 2. The molecule has 5 nitrogen and oxygen atoms in total.